The van der Waals surface area contributed by atoms with Crippen LogP contribution in [0.4, 0.5) is 0 Å². The summed E-state index contributed by atoms with van der Waals surface area (Å²) in [6, 6.07) is 6.23. The van der Waals surface area contributed by atoms with Crippen LogP contribution in [0.1, 0.15) is 5.56 Å². The molecule has 0 aliphatic carbocycles. The van der Waals surface area contributed by atoms with Gasteiger partial charge in [-0.15, -0.1) is 0 Å². The quantitative estimate of drug-likeness (QED) is 0.883. The van der Waals surface area contributed by atoms with E-state index < -0.39 is 12.0 Å². The average molecular weight is 314 g/mol. The molecule has 0 bridgehead atoms. The lowest BCUT2D eigenvalue weighted by Crippen LogP contribution is -2.53. The van der Waals surface area contributed by atoms with Gasteiger partial charge >= 0.3 is 5.97 Å². The Hall–Kier alpha value is -1.63. The summed E-state index contributed by atoms with van der Waals surface area (Å²) in [6.07, 6.45) is 0. The van der Waals surface area contributed by atoms with Crippen molar-refractivity contribution in [3.05, 3.63) is 34.9 Å². The highest BCUT2D eigenvalue weighted by atomic mass is 35.5. The number of nitrogens with zero attached hydrogens (tertiary/aromatic N) is 1. The third-order valence-corrected chi connectivity index (χ3v) is 3.54. The number of carbonyl (C=O) groups excluding carboxylic acids is 1. The molecule has 1 aliphatic rings. The van der Waals surface area contributed by atoms with E-state index in [9.17, 15) is 9.59 Å². The first kappa shape index (κ1) is 15.8. The van der Waals surface area contributed by atoms with Crippen LogP contribution in [0.5, 0.6) is 0 Å². The summed E-state index contributed by atoms with van der Waals surface area (Å²) in [5.41, 5.74) is 0.781. The van der Waals surface area contributed by atoms with E-state index >= 15 is 0 Å². The number of carbonyl (C=O) groups is 2. The van der Waals surface area contributed by atoms with E-state index in [1.54, 1.807) is 6.07 Å². The van der Waals surface area contributed by atoms with Crippen LogP contribution >= 0.6 is 11.6 Å². The third-order valence-electron chi connectivity index (χ3n) is 3.17. The number of carboxylic acids is 1. The lowest BCUT2D eigenvalue weighted by molar-refractivity contribution is -0.160. The molecule has 114 valence electrons. The molecule has 0 aromatic heterocycles. The summed E-state index contributed by atoms with van der Waals surface area (Å²) in [5, 5.41) is 9.63. The Balaban J connectivity index is 1.86. The van der Waals surface area contributed by atoms with Crippen LogP contribution in [0.25, 0.3) is 0 Å². The van der Waals surface area contributed by atoms with Crippen molar-refractivity contribution in [3.63, 3.8) is 0 Å². The standard InChI is InChI=1S/C14H16ClNO5/c15-11-4-2-1-3-10(11)7-21-9-13(17)16-5-6-20-8-12(16)14(18)19/h1-4,12H,5-9H2,(H,18,19)/t12-/m0/s1. The average Bonchev–Trinajstić information content (AvgIpc) is 2.49. The van der Waals surface area contributed by atoms with Crippen molar-refractivity contribution in [1.29, 1.82) is 0 Å². The van der Waals surface area contributed by atoms with Gasteiger partial charge in [-0.25, -0.2) is 4.79 Å². The molecule has 1 aromatic rings. The molecule has 0 unspecified atom stereocenters. The zero-order chi connectivity index (χ0) is 15.2. The molecule has 7 heteroatoms. The molecule has 1 heterocycles. The van der Waals surface area contributed by atoms with Crippen LogP contribution in [0, 0.1) is 0 Å². The first-order valence-corrected chi connectivity index (χ1v) is 6.88. The highest BCUT2D eigenvalue weighted by molar-refractivity contribution is 6.31. The Morgan fingerprint density at radius 2 is 2.19 bits per heavy atom. The lowest BCUT2D eigenvalue weighted by Gasteiger charge is -2.32. The molecule has 1 aliphatic heterocycles. The van der Waals surface area contributed by atoms with E-state index in [1.165, 1.54) is 4.90 Å². The maximum Gasteiger partial charge on any atom is 0.328 e. The van der Waals surface area contributed by atoms with E-state index in [0.29, 0.717) is 11.6 Å². The molecule has 0 radical (unpaired) electrons. The molecule has 1 aromatic carbocycles. The normalized spacial score (nSPS) is 18.5. The zero-order valence-corrected chi connectivity index (χ0v) is 12.1. The van der Waals surface area contributed by atoms with E-state index in [-0.39, 0.29) is 32.3 Å². The highest BCUT2D eigenvalue weighted by Crippen LogP contribution is 2.16. The van der Waals surface area contributed by atoms with Gasteiger partial charge in [0.25, 0.3) is 0 Å². The number of hydrogen-bond acceptors (Lipinski definition) is 4. The predicted octanol–water partition coefficient (Wildman–Crippen LogP) is 1.17. The SMILES string of the molecule is O=C(O)[C@@H]1COCCN1C(=O)COCc1ccccc1Cl. The van der Waals surface area contributed by atoms with Gasteiger partial charge in [0.1, 0.15) is 6.61 Å². The third kappa shape index (κ3) is 4.17. The molecule has 1 amide bonds. The van der Waals surface area contributed by atoms with Crippen LogP contribution in [-0.4, -0.2) is 54.3 Å². The maximum absolute atomic E-state index is 12.0. The van der Waals surface area contributed by atoms with Gasteiger partial charge in [-0.1, -0.05) is 29.8 Å². The minimum Gasteiger partial charge on any atom is -0.480 e. The second-order valence-electron chi connectivity index (χ2n) is 4.60. The molecule has 0 spiro atoms. The Morgan fingerprint density at radius 3 is 2.90 bits per heavy atom. The molecule has 2 rings (SSSR count). The number of halogens is 1. The molecule has 1 atom stereocenters. The van der Waals surface area contributed by atoms with E-state index in [2.05, 4.69) is 0 Å². The topological polar surface area (TPSA) is 76.1 Å². The fourth-order valence-electron chi connectivity index (χ4n) is 2.05. The minimum atomic E-state index is -1.07. The Morgan fingerprint density at radius 1 is 1.43 bits per heavy atom. The highest BCUT2D eigenvalue weighted by Gasteiger charge is 2.32. The number of morpholine rings is 1. The second kappa shape index (κ2) is 7.40. The van der Waals surface area contributed by atoms with Gasteiger partial charge in [-0.2, -0.15) is 0 Å². The van der Waals surface area contributed by atoms with Crippen LogP contribution in [0.3, 0.4) is 0 Å². The van der Waals surface area contributed by atoms with Crippen LogP contribution in [-0.2, 0) is 25.7 Å². The summed E-state index contributed by atoms with van der Waals surface area (Å²) in [7, 11) is 0. The van der Waals surface area contributed by atoms with E-state index in [4.69, 9.17) is 26.2 Å². The summed E-state index contributed by atoms with van der Waals surface area (Å²) >= 11 is 5.98. The molecule has 1 saturated heterocycles. The van der Waals surface area contributed by atoms with Crippen molar-refractivity contribution in [2.75, 3.05) is 26.4 Å². The van der Waals surface area contributed by atoms with Crippen LogP contribution < -0.4 is 0 Å². The van der Waals surface area contributed by atoms with Crippen molar-refractivity contribution < 1.29 is 24.2 Å². The van der Waals surface area contributed by atoms with Crippen molar-refractivity contribution in [1.82, 2.24) is 4.90 Å². The molecular weight excluding hydrogens is 298 g/mol. The number of aliphatic carboxylic acids is 1. The van der Waals surface area contributed by atoms with Gasteiger partial charge in [-0.3, -0.25) is 4.79 Å². The van der Waals surface area contributed by atoms with Crippen LogP contribution in [0.15, 0.2) is 24.3 Å². The molecule has 0 saturated carbocycles. The van der Waals surface area contributed by atoms with Crippen molar-refractivity contribution in [2.24, 2.45) is 0 Å². The van der Waals surface area contributed by atoms with Gasteiger partial charge in [0.2, 0.25) is 5.91 Å². The second-order valence-corrected chi connectivity index (χ2v) is 5.01. The summed E-state index contributed by atoms with van der Waals surface area (Å²) < 4.78 is 10.4. The summed E-state index contributed by atoms with van der Waals surface area (Å²) in [4.78, 5) is 24.4. The molecule has 1 fully saturated rings. The number of benzene rings is 1. The van der Waals surface area contributed by atoms with E-state index in [0.717, 1.165) is 5.56 Å². The first-order valence-electron chi connectivity index (χ1n) is 6.50. The zero-order valence-electron chi connectivity index (χ0n) is 11.3. The smallest absolute Gasteiger partial charge is 0.328 e. The first-order chi connectivity index (χ1) is 10.1. The number of ether oxygens (including phenoxy) is 2. The van der Waals surface area contributed by atoms with Crippen molar-refractivity contribution in [2.45, 2.75) is 12.6 Å². The lowest BCUT2D eigenvalue weighted by atomic mass is 10.2. The van der Waals surface area contributed by atoms with Crippen LogP contribution in [0.2, 0.25) is 5.02 Å². The predicted molar refractivity (Wildman–Crippen MR) is 75.1 cm³/mol. The Bertz CT molecular complexity index is 522. The molecular formula is C14H16ClNO5. The number of amides is 1. The summed E-state index contributed by atoms with van der Waals surface area (Å²) in [6.45, 7) is 0.610. The number of carboxylic acid groups (broad SMARTS) is 1. The van der Waals surface area contributed by atoms with Gasteiger partial charge in [-0.05, 0) is 11.6 Å². The molecule has 21 heavy (non-hydrogen) atoms. The van der Waals surface area contributed by atoms with Gasteiger partial charge in [0.05, 0.1) is 19.8 Å². The van der Waals surface area contributed by atoms with E-state index in [1.807, 2.05) is 18.2 Å². The van der Waals surface area contributed by atoms with Gasteiger partial charge in [0, 0.05) is 11.6 Å². The van der Waals surface area contributed by atoms with Crippen molar-refractivity contribution >= 4 is 23.5 Å². The fraction of sp³-hybridized carbons (Fsp3) is 0.429. The Labute approximate surface area is 127 Å². The number of hydrogen-bond donors (Lipinski definition) is 1. The Kier molecular flexibility index (Phi) is 5.55. The molecule has 1 N–H and O–H groups in total. The monoisotopic (exact) mass is 313 g/mol. The minimum absolute atomic E-state index is 0.00554. The fourth-order valence-corrected chi connectivity index (χ4v) is 2.24. The summed E-state index contributed by atoms with van der Waals surface area (Å²) in [5.74, 6) is -1.44. The van der Waals surface area contributed by atoms with Gasteiger partial charge in [0.15, 0.2) is 6.04 Å². The van der Waals surface area contributed by atoms with Gasteiger partial charge < -0.3 is 19.5 Å². The maximum atomic E-state index is 12.0. The largest absolute Gasteiger partial charge is 0.480 e. The molecule has 6 nitrogen and oxygen atoms in total. The number of rotatable bonds is 5. The van der Waals surface area contributed by atoms with Crippen molar-refractivity contribution in [3.8, 4) is 0 Å².